The van der Waals surface area contributed by atoms with Crippen molar-refractivity contribution in [1.29, 1.82) is 0 Å². The van der Waals surface area contributed by atoms with E-state index in [9.17, 15) is 0 Å². The van der Waals surface area contributed by atoms with E-state index in [1.165, 1.54) is 103 Å². The van der Waals surface area contributed by atoms with Crippen molar-refractivity contribution < 1.29 is 0 Å². The van der Waals surface area contributed by atoms with Crippen LogP contribution in [0.15, 0.2) is 12.2 Å². The maximum atomic E-state index is 5.47. The molecule has 0 bridgehead atoms. The summed E-state index contributed by atoms with van der Waals surface area (Å²) in [7, 11) is 0. The van der Waals surface area contributed by atoms with Gasteiger partial charge in [0.2, 0.25) is 0 Å². The fourth-order valence-corrected chi connectivity index (χ4v) is 2.75. The van der Waals surface area contributed by atoms with Gasteiger partial charge < -0.3 is 5.73 Å². The highest BCUT2D eigenvalue weighted by atomic mass is 14.5. The molecule has 0 aromatic heterocycles. The quantitative estimate of drug-likeness (QED) is 0.233. The molecule has 0 amide bonds. The molecule has 0 unspecified atom stereocenters. The molecule has 0 aromatic rings. The van der Waals surface area contributed by atoms with Crippen molar-refractivity contribution >= 4 is 0 Å². The fraction of sp³-hybridized carbons (Fsp3) is 0.900. The lowest BCUT2D eigenvalue weighted by atomic mass is 10.0. The summed E-state index contributed by atoms with van der Waals surface area (Å²) in [6.45, 7) is 3.13. The minimum atomic E-state index is 0.840. The van der Waals surface area contributed by atoms with Gasteiger partial charge in [0.05, 0.1) is 0 Å². The predicted octanol–water partition coefficient (Wildman–Crippen LogP) is 6.76. The SMILES string of the molecule is CCCCCCCCCCCCCC/C=C\CCCCN. The van der Waals surface area contributed by atoms with E-state index in [4.69, 9.17) is 5.73 Å². The molecule has 0 atom stereocenters. The molecule has 0 saturated carbocycles. The summed E-state index contributed by atoms with van der Waals surface area (Å²) < 4.78 is 0. The minimum Gasteiger partial charge on any atom is -0.330 e. The van der Waals surface area contributed by atoms with Crippen molar-refractivity contribution in [2.24, 2.45) is 5.73 Å². The third kappa shape index (κ3) is 19.7. The first-order valence-electron chi connectivity index (χ1n) is 9.77. The molecule has 21 heavy (non-hydrogen) atoms. The van der Waals surface area contributed by atoms with Crippen LogP contribution in [0.4, 0.5) is 0 Å². The Morgan fingerprint density at radius 2 is 0.905 bits per heavy atom. The first kappa shape index (κ1) is 20.7. The van der Waals surface area contributed by atoms with Gasteiger partial charge in [0.1, 0.15) is 0 Å². The summed E-state index contributed by atoms with van der Waals surface area (Å²) in [5.41, 5.74) is 5.47. The van der Waals surface area contributed by atoms with Crippen LogP contribution in [-0.2, 0) is 0 Å². The smallest absolute Gasteiger partial charge is 0.00772 e. The number of nitrogens with two attached hydrogens (primary N) is 1. The summed E-state index contributed by atoms with van der Waals surface area (Å²) in [5.74, 6) is 0. The van der Waals surface area contributed by atoms with Crippen LogP contribution >= 0.6 is 0 Å². The fourth-order valence-electron chi connectivity index (χ4n) is 2.75. The van der Waals surface area contributed by atoms with Crippen LogP contribution in [0.5, 0.6) is 0 Å². The predicted molar refractivity (Wildman–Crippen MR) is 97.7 cm³/mol. The topological polar surface area (TPSA) is 26.0 Å². The second kappa shape index (κ2) is 19.7. The van der Waals surface area contributed by atoms with E-state index in [1.807, 2.05) is 0 Å². The summed E-state index contributed by atoms with van der Waals surface area (Å²) in [4.78, 5) is 0. The number of unbranched alkanes of at least 4 members (excludes halogenated alkanes) is 14. The maximum absolute atomic E-state index is 5.47. The highest BCUT2D eigenvalue weighted by molar-refractivity contribution is 4.81. The van der Waals surface area contributed by atoms with E-state index in [-0.39, 0.29) is 0 Å². The monoisotopic (exact) mass is 295 g/mol. The van der Waals surface area contributed by atoms with Crippen LogP contribution in [0, 0.1) is 0 Å². The van der Waals surface area contributed by atoms with Crippen LogP contribution in [0.2, 0.25) is 0 Å². The van der Waals surface area contributed by atoms with Crippen LogP contribution in [0.3, 0.4) is 0 Å². The van der Waals surface area contributed by atoms with Crippen molar-refractivity contribution in [2.45, 2.75) is 110 Å². The number of hydrogen-bond donors (Lipinski definition) is 1. The highest BCUT2D eigenvalue weighted by Gasteiger charge is 1.92. The van der Waals surface area contributed by atoms with Crippen LogP contribution < -0.4 is 5.73 Å². The first-order valence-corrected chi connectivity index (χ1v) is 9.77. The molecule has 0 radical (unpaired) electrons. The van der Waals surface area contributed by atoms with Gasteiger partial charge in [-0.3, -0.25) is 0 Å². The normalized spacial score (nSPS) is 11.5. The summed E-state index contributed by atoms with van der Waals surface area (Å²) >= 11 is 0. The Bertz CT molecular complexity index is 198. The molecular weight excluding hydrogens is 254 g/mol. The van der Waals surface area contributed by atoms with Crippen molar-refractivity contribution in [3.8, 4) is 0 Å². The summed E-state index contributed by atoms with van der Waals surface area (Å²) in [6, 6.07) is 0. The first-order chi connectivity index (χ1) is 10.4. The zero-order chi connectivity index (χ0) is 15.4. The van der Waals surface area contributed by atoms with Gasteiger partial charge >= 0.3 is 0 Å². The van der Waals surface area contributed by atoms with E-state index in [0.29, 0.717) is 0 Å². The Hall–Kier alpha value is -0.300. The molecule has 2 N–H and O–H groups in total. The Morgan fingerprint density at radius 1 is 0.524 bits per heavy atom. The third-order valence-corrected chi connectivity index (χ3v) is 4.22. The largest absolute Gasteiger partial charge is 0.330 e. The third-order valence-electron chi connectivity index (χ3n) is 4.22. The van der Waals surface area contributed by atoms with Gasteiger partial charge in [0.15, 0.2) is 0 Å². The summed E-state index contributed by atoms with van der Waals surface area (Å²) in [5, 5.41) is 0. The van der Waals surface area contributed by atoms with Gasteiger partial charge in [0, 0.05) is 0 Å². The molecule has 0 aliphatic rings. The van der Waals surface area contributed by atoms with Gasteiger partial charge in [-0.2, -0.15) is 0 Å². The molecule has 1 heteroatoms. The Morgan fingerprint density at radius 3 is 1.33 bits per heavy atom. The highest BCUT2D eigenvalue weighted by Crippen LogP contribution is 2.12. The van der Waals surface area contributed by atoms with E-state index >= 15 is 0 Å². The van der Waals surface area contributed by atoms with Crippen LogP contribution in [-0.4, -0.2) is 6.54 Å². The Balaban J connectivity index is 2.99. The minimum absolute atomic E-state index is 0.840. The van der Waals surface area contributed by atoms with E-state index in [0.717, 1.165) is 6.54 Å². The lowest BCUT2D eigenvalue weighted by Crippen LogP contribution is -1.96. The zero-order valence-electron chi connectivity index (χ0n) is 14.8. The summed E-state index contributed by atoms with van der Waals surface area (Å²) in [6.07, 6.45) is 26.9. The van der Waals surface area contributed by atoms with Gasteiger partial charge in [-0.05, 0) is 38.6 Å². The maximum Gasteiger partial charge on any atom is -0.00772 e. The molecule has 0 rings (SSSR count). The lowest BCUT2D eigenvalue weighted by Gasteiger charge is -2.02. The molecule has 0 fully saturated rings. The number of rotatable bonds is 17. The number of allylic oxidation sites excluding steroid dienone is 2. The van der Waals surface area contributed by atoms with Crippen LogP contribution in [0.25, 0.3) is 0 Å². The molecule has 0 aliphatic heterocycles. The molecule has 0 aromatic carbocycles. The van der Waals surface area contributed by atoms with E-state index in [1.54, 1.807) is 0 Å². The van der Waals surface area contributed by atoms with Crippen molar-refractivity contribution in [3.05, 3.63) is 12.2 Å². The average molecular weight is 296 g/mol. The second-order valence-corrected chi connectivity index (χ2v) is 6.43. The molecule has 0 aliphatic carbocycles. The van der Waals surface area contributed by atoms with Gasteiger partial charge in [-0.15, -0.1) is 0 Å². The molecular formula is C20H41N. The van der Waals surface area contributed by atoms with Crippen LogP contribution in [0.1, 0.15) is 110 Å². The van der Waals surface area contributed by atoms with Crippen molar-refractivity contribution in [2.75, 3.05) is 6.54 Å². The second-order valence-electron chi connectivity index (χ2n) is 6.43. The standard InChI is InChI=1S/C20H41N/c1-2-3-4-5-6-7-8-9-10-11-12-13-14-15-16-17-18-19-20-21/h15-16H,2-14,17-21H2,1H3/b16-15-. The van der Waals surface area contributed by atoms with Gasteiger partial charge in [0.25, 0.3) is 0 Å². The zero-order valence-corrected chi connectivity index (χ0v) is 14.8. The Kier molecular flexibility index (Phi) is 19.4. The Labute approximate surface area is 134 Å². The molecule has 0 saturated heterocycles. The molecule has 0 heterocycles. The van der Waals surface area contributed by atoms with E-state index in [2.05, 4.69) is 19.1 Å². The molecule has 0 spiro atoms. The van der Waals surface area contributed by atoms with E-state index < -0.39 is 0 Å². The lowest BCUT2D eigenvalue weighted by molar-refractivity contribution is 0.545. The van der Waals surface area contributed by atoms with Gasteiger partial charge in [-0.25, -0.2) is 0 Å². The van der Waals surface area contributed by atoms with Crippen molar-refractivity contribution in [3.63, 3.8) is 0 Å². The number of hydrogen-bond acceptors (Lipinski definition) is 1. The van der Waals surface area contributed by atoms with Crippen molar-refractivity contribution in [1.82, 2.24) is 0 Å². The molecule has 126 valence electrons. The average Bonchev–Trinajstić information content (AvgIpc) is 2.50. The van der Waals surface area contributed by atoms with Gasteiger partial charge in [-0.1, -0.05) is 89.7 Å². The molecule has 1 nitrogen and oxygen atoms in total.